The average molecular weight is 625 g/mol. The number of allylic oxidation sites excluding steroid dienone is 4. The van der Waals surface area contributed by atoms with Crippen molar-refractivity contribution in [3.63, 3.8) is 0 Å². The van der Waals surface area contributed by atoms with Crippen LogP contribution in [0.1, 0.15) is 74.0 Å². The second kappa shape index (κ2) is 13.3. The topological polar surface area (TPSA) is 37.3 Å². The summed E-state index contributed by atoms with van der Waals surface area (Å²) in [5.74, 6) is 0.919. The van der Waals surface area contributed by atoms with E-state index in [1.807, 2.05) is 12.1 Å². The first-order valence-electron chi connectivity index (χ1n) is 14.3. The molecule has 1 aliphatic carbocycles. The predicted molar refractivity (Wildman–Crippen MR) is 176 cm³/mol. The quantitative estimate of drug-likeness (QED) is 0.200. The lowest BCUT2D eigenvalue weighted by molar-refractivity contribution is 0.0695. The molecule has 3 aromatic carbocycles. The van der Waals surface area contributed by atoms with Gasteiger partial charge in [-0.15, -0.1) is 11.8 Å². The molecule has 0 aromatic heterocycles. The van der Waals surface area contributed by atoms with Crippen molar-refractivity contribution in [2.75, 3.05) is 6.26 Å². The maximum Gasteiger partial charge on any atom is 0.335 e. The summed E-state index contributed by atoms with van der Waals surface area (Å²) >= 11 is 1.38. The SMILES string of the molecule is C=S(C)c1ccc(C(C)(C)C2=CC(C)C(C)=C(SCc3c(F)cc(C(=O)O)cc3F)CC(c3ccc(F)cc3)C2C)cc1. The third kappa shape index (κ3) is 7.21. The third-order valence-electron chi connectivity index (χ3n) is 8.83. The minimum Gasteiger partial charge on any atom is -0.478 e. The molecule has 43 heavy (non-hydrogen) atoms. The van der Waals surface area contributed by atoms with E-state index in [-0.39, 0.29) is 50.8 Å². The highest BCUT2D eigenvalue weighted by Gasteiger charge is 2.36. The molecule has 2 nitrogen and oxygen atoms in total. The molecule has 0 bridgehead atoms. The molecule has 0 aliphatic heterocycles. The van der Waals surface area contributed by atoms with Crippen LogP contribution in [0.3, 0.4) is 0 Å². The Bertz CT molecular complexity index is 1560. The number of benzene rings is 3. The van der Waals surface area contributed by atoms with E-state index < -0.39 is 23.2 Å². The Morgan fingerprint density at radius 3 is 2.14 bits per heavy atom. The highest BCUT2D eigenvalue weighted by atomic mass is 32.2. The van der Waals surface area contributed by atoms with Crippen LogP contribution in [0.5, 0.6) is 0 Å². The van der Waals surface area contributed by atoms with Gasteiger partial charge in [0.25, 0.3) is 0 Å². The summed E-state index contributed by atoms with van der Waals surface area (Å²) in [5.41, 5.74) is 3.76. The van der Waals surface area contributed by atoms with Crippen molar-refractivity contribution in [2.24, 2.45) is 11.8 Å². The molecule has 4 rings (SSSR count). The zero-order valence-corrected chi connectivity index (χ0v) is 27.1. The first-order chi connectivity index (χ1) is 20.2. The van der Waals surface area contributed by atoms with E-state index in [0.29, 0.717) is 6.42 Å². The summed E-state index contributed by atoms with van der Waals surface area (Å²) in [5, 5.41) is 9.17. The maximum atomic E-state index is 14.8. The van der Waals surface area contributed by atoms with Gasteiger partial charge in [-0.2, -0.15) is 10.5 Å². The average Bonchev–Trinajstić information content (AvgIpc) is 2.96. The van der Waals surface area contributed by atoms with Gasteiger partial charge in [0.2, 0.25) is 0 Å². The standard InChI is InChI=1S/C36H39F3O2S2/c1-21-16-31(36(4,5)26-10-14-28(15-11-26)43(6)7)23(3)29(24-8-12-27(37)13-9-24)19-34(22(21)2)42-20-30-32(38)17-25(35(40)41)18-33(30)39/h8-18,21,23,29H,6,19-20H2,1-5,7H3,(H,40,41). The highest BCUT2D eigenvalue weighted by Crippen LogP contribution is 2.49. The maximum absolute atomic E-state index is 14.8. The zero-order valence-electron chi connectivity index (χ0n) is 25.5. The van der Waals surface area contributed by atoms with E-state index in [1.54, 1.807) is 0 Å². The van der Waals surface area contributed by atoms with Crippen molar-refractivity contribution in [1.82, 2.24) is 0 Å². The molecule has 1 N–H and O–H groups in total. The minimum absolute atomic E-state index is 0.0132. The molecule has 1 aliphatic rings. The Hall–Kier alpha value is -3.03. The van der Waals surface area contributed by atoms with Crippen molar-refractivity contribution in [3.8, 4) is 0 Å². The summed E-state index contributed by atoms with van der Waals surface area (Å²) in [6.45, 7) is 10.9. The number of hydrogen-bond acceptors (Lipinski definition) is 2. The Labute approximate surface area is 260 Å². The van der Waals surface area contributed by atoms with Crippen LogP contribution in [0.4, 0.5) is 13.2 Å². The summed E-state index contributed by atoms with van der Waals surface area (Å²) in [7, 11) is -0.0771. The van der Waals surface area contributed by atoms with Gasteiger partial charge in [-0.3, -0.25) is 0 Å². The Morgan fingerprint density at radius 1 is 1.02 bits per heavy atom. The Morgan fingerprint density at radius 2 is 1.60 bits per heavy atom. The number of halogens is 3. The molecule has 0 spiro atoms. The number of aromatic carboxylic acids is 1. The van der Waals surface area contributed by atoms with Crippen LogP contribution >= 0.6 is 22.2 Å². The van der Waals surface area contributed by atoms with Gasteiger partial charge in [0, 0.05) is 21.6 Å². The molecule has 0 radical (unpaired) electrons. The highest BCUT2D eigenvalue weighted by molar-refractivity contribution is 8.13. The molecule has 4 atom stereocenters. The van der Waals surface area contributed by atoms with Gasteiger partial charge in [-0.1, -0.05) is 75.1 Å². The van der Waals surface area contributed by atoms with E-state index in [0.717, 1.165) is 28.2 Å². The monoisotopic (exact) mass is 624 g/mol. The van der Waals surface area contributed by atoms with Crippen molar-refractivity contribution >= 4 is 34.1 Å². The van der Waals surface area contributed by atoms with Crippen LogP contribution in [0, 0.1) is 29.3 Å². The summed E-state index contributed by atoms with van der Waals surface area (Å²) in [4.78, 5) is 13.5. The summed E-state index contributed by atoms with van der Waals surface area (Å²) < 4.78 is 43.6. The van der Waals surface area contributed by atoms with E-state index in [4.69, 9.17) is 5.11 Å². The molecule has 0 fully saturated rings. The fourth-order valence-electron chi connectivity index (χ4n) is 5.92. The van der Waals surface area contributed by atoms with Gasteiger partial charge in [-0.05, 0) is 89.8 Å². The smallest absolute Gasteiger partial charge is 0.335 e. The third-order valence-corrected chi connectivity index (χ3v) is 11.2. The van der Waals surface area contributed by atoms with E-state index in [2.05, 4.69) is 77.1 Å². The van der Waals surface area contributed by atoms with E-state index in [9.17, 15) is 18.0 Å². The molecule has 228 valence electrons. The van der Waals surface area contributed by atoms with Gasteiger partial charge in [-0.25, -0.2) is 18.0 Å². The van der Waals surface area contributed by atoms with E-state index >= 15 is 0 Å². The van der Waals surface area contributed by atoms with Crippen LogP contribution in [-0.2, 0) is 11.2 Å². The van der Waals surface area contributed by atoms with E-state index in [1.165, 1.54) is 39.9 Å². The molecule has 0 amide bonds. The van der Waals surface area contributed by atoms with Gasteiger partial charge >= 0.3 is 5.97 Å². The molecule has 7 heteroatoms. The van der Waals surface area contributed by atoms with Gasteiger partial charge in [0.15, 0.2) is 0 Å². The lowest BCUT2D eigenvalue weighted by atomic mass is 9.66. The van der Waals surface area contributed by atoms with Gasteiger partial charge < -0.3 is 5.11 Å². The molecule has 0 saturated carbocycles. The van der Waals surface area contributed by atoms with Gasteiger partial charge in [0.05, 0.1) is 5.56 Å². The second-order valence-electron chi connectivity index (χ2n) is 12.0. The van der Waals surface area contributed by atoms with Crippen LogP contribution in [0.25, 0.3) is 0 Å². The summed E-state index contributed by atoms with van der Waals surface area (Å²) in [6.07, 6.45) is 5.06. The fraction of sp³-hybridized carbons (Fsp3) is 0.333. The number of carboxylic acid groups (broad SMARTS) is 1. The molecular formula is C36H39F3O2S2. The molecule has 0 saturated heterocycles. The molecule has 0 heterocycles. The van der Waals surface area contributed by atoms with Crippen LogP contribution in [0.2, 0.25) is 0 Å². The number of carbonyl (C=O) groups is 1. The normalized spacial score (nSPS) is 20.3. The van der Waals surface area contributed by atoms with Crippen LogP contribution < -0.4 is 0 Å². The zero-order chi connectivity index (χ0) is 31.6. The number of carboxylic acids is 1. The number of thioether (sulfide) groups is 1. The van der Waals surface area contributed by atoms with Crippen molar-refractivity contribution < 1.29 is 23.1 Å². The van der Waals surface area contributed by atoms with Crippen molar-refractivity contribution in [2.45, 2.75) is 63.0 Å². The number of rotatable bonds is 8. The summed E-state index contributed by atoms with van der Waals surface area (Å²) in [6, 6.07) is 17.1. The Kier molecular flexibility index (Phi) is 10.2. The number of hydrogen-bond donors (Lipinski definition) is 1. The second-order valence-corrected chi connectivity index (χ2v) is 14.8. The van der Waals surface area contributed by atoms with Crippen LogP contribution in [0.15, 0.2) is 87.7 Å². The lowest BCUT2D eigenvalue weighted by Gasteiger charge is -2.40. The largest absolute Gasteiger partial charge is 0.478 e. The Balaban J connectivity index is 1.77. The lowest BCUT2D eigenvalue weighted by Crippen LogP contribution is -2.29. The predicted octanol–water partition coefficient (Wildman–Crippen LogP) is 10.4. The molecule has 4 unspecified atom stereocenters. The van der Waals surface area contributed by atoms with Crippen molar-refractivity contribution in [3.05, 3.63) is 122 Å². The van der Waals surface area contributed by atoms with Crippen molar-refractivity contribution in [1.29, 1.82) is 0 Å². The minimum atomic E-state index is -1.38. The first-order valence-corrected chi connectivity index (χ1v) is 17.1. The molecule has 3 aromatic rings. The molecular weight excluding hydrogens is 586 g/mol. The first kappa shape index (κ1) is 32.9. The van der Waals surface area contributed by atoms with Crippen LogP contribution in [-0.4, -0.2) is 23.2 Å². The van der Waals surface area contributed by atoms with Gasteiger partial charge in [0.1, 0.15) is 17.5 Å². The fourth-order valence-corrected chi connectivity index (χ4v) is 7.82.